The predicted octanol–water partition coefficient (Wildman–Crippen LogP) is 3.80. The molecule has 114 valence electrons. The van der Waals surface area contributed by atoms with Crippen molar-refractivity contribution in [2.75, 3.05) is 13.2 Å². The van der Waals surface area contributed by atoms with Gasteiger partial charge in [-0.05, 0) is 31.9 Å². The molecule has 0 saturated heterocycles. The number of aliphatic hydroxyl groups excluding tert-OH is 1. The van der Waals surface area contributed by atoms with E-state index in [-0.39, 0.29) is 12.2 Å². The van der Waals surface area contributed by atoms with Crippen LogP contribution in [0.25, 0.3) is 0 Å². The summed E-state index contributed by atoms with van der Waals surface area (Å²) in [5.41, 5.74) is -0.135. The Morgan fingerprint density at radius 2 is 1.85 bits per heavy atom. The van der Waals surface area contributed by atoms with E-state index >= 15 is 0 Å². The largest absolute Gasteiger partial charge is 0.491 e. The van der Waals surface area contributed by atoms with Crippen molar-refractivity contribution in [2.24, 2.45) is 0 Å². The monoisotopic (exact) mass is 280 g/mol. The molecule has 1 rings (SSSR count). The van der Waals surface area contributed by atoms with Crippen LogP contribution >= 0.6 is 0 Å². The zero-order valence-corrected chi connectivity index (χ0v) is 13.0. The number of hydrogen-bond donors (Lipinski definition) is 1. The number of unbranched alkanes of at least 4 members (excludes halogenated alkanes) is 1. The average molecular weight is 280 g/mol. The van der Waals surface area contributed by atoms with Crippen LogP contribution < -0.4 is 4.74 Å². The molecule has 1 aromatic carbocycles. The Labute approximate surface area is 122 Å². The summed E-state index contributed by atoms with van der Waals surface area (Å²) in [5.74, 6) is 0.774. The van der Waals surface area contributed by atoms with Gasteiger partial charge in [0.15, 0.2) is 0 Å². The summed E-state index contributed by atoms with van der Waals surface area (Å²) in [6, 6.07) is 9.52. The van der Waals surface area contributed by atoms with Gasteiger partial charge in [0.25, 0.3) is 0 Å². The van der Waals surface area contributed by atoms with Crippen molar-refractivity contribution in [3.63, 3.8) is 0 Å². The fourth-order valence-electron chi connectivity index (χ4n) is 1.96. The first-order valence-corrected chi connectivity index (χ1v) is 7.59. The molecule has 20 heavy (non-hydrogen) atoms. The highest BCUT2D eigenvalue weighted by atomic mass is 16.5. The van der Waals surface area contributed by atoms with Crippen LogP contribution in [0.15, 0.2) is 30.3 Å². The van der Waals surface area contributed by atoms with Crippen molar-refractivity contribution < 1.29 is 14.6 Å². The molecule has 2 unspecified atom stereocenters. The van der Waals surface area contributed by atoms with Crippen molar-refractivity contribution in [2.45, 2.75) is 58.2 Å². The van der Waals surface area contributed by atoms with Gasteiger partial charge in [0.1, 0.15) is 18.5 Å². The lowest BCUT2D eigenvalue weighted by Gasteiger charge is -2.30. The Hall–Kier alpha value is -1.06. The topological polar surface area (TPSA) is 38.7 Å². The summed E-state index contributed by atoms with van der Waals surface area (Å²) in [5, 5.41) is 9.94. The van der Waals surface area contributed by atoms with Crippen molar-refractivity contribution >= 4 is 0 Å². The number of rotatable bonds is 10. The van der Waals surface area contributed by atoms with Gasteiger partial charge in [-0.3, -0.25) is 0 Å². The standard InChI is InChI=1S/C17H28O3/c1-4-6-12-17(3,5-2)20-14-15(18)13-19-16-10-8-7-9-11-16/h7-11,15,18H,4-6,12-14H2,1-3H3. The number of benzene rings is 1. The average Bonchev–Trinajstić information content (AvgIpc) is 2.50. The van der Waals surface area contributed by atoms with Crippen LogP contribution in [0.4, 0.5) is 0 Å². The first-order valence-electron chi connectivity index (χ1n) is 7.59. The second-order valence-corrected chi connectivity index (χ2v) is 5.50. The normalized spacial score (nSPS) is 15.6. The summed E-state index contributed by atoms with van der Waals surface area (Å²) < 4.78 is 11.4. The number of hydrogen-bond acceptors (Lipinski definition) is 3. The molecule has 0 spiro atoms. The van der Waals surface area contributed by atoms with E-state index in [9.17, 15) is 5.11 Å². The van der Waals surface area contributed by atoms with E-state index in [2.05, 4.69) is 20.8 Å². The molecule has 0 saturated carbocycles. The Bertz CT molecular complexity index is 353. The van der Waals surface area contributed by atoms with Gasteiger partial charge >= 0.3 is 0 Å². The molecule has 0 aliphatic heterocycles. The van der Waals surface area contributed by atoms with Gasteiger partial charge in [0, 0.05) is 0 Å². The second-order valence-electron chi connectivity index (χ2n) is 5.50. The maximum atomic E-state index is 9.94. The zero-order chi connectivity index (χ0) is 14.8. The SMILES string of the molecule is CCCCC(C)(CC)OCC(O)COc1ccccc1. The number of para-hydroxylation sites is 1. The van der Waals surface area contributed by atoms with Crippen LogP contribution in [-0.2, 0) is 4.74 Å². The highest BCUT2D eigenvalue weighted by Gasteiger charge is 2.23. The van der Waals surface area contributed by atoms with Gasteiger partial charge in [-0.25, -0.2) is 0 Å². The first kappa shape index (κ1) is 17.0. The molecule has 2 atom stereocenters. The quantitative estimate of drug-likeness (QED) is 0.708. The van der Waals surface area contributed by atoms with Crippen molar-refractivity contribution in [3.8, 4) is 5.75 Å². The molecule has 1 N–H and O–H groups in total. The number of ether oxygens (including phenoxy) is 2. The van der Waals surface area contributed by atoms with E-state index in [1.54, 1.807) is 0 Å². The Morgan fingerprint density at radius 1 is 1.15 bits per heavy atom. The molecule has 0 fully saturated rings. The molecule has 0 aliphatic carbocycles. The van der Waals surface area contributed by atoms with E-state index in [0.29, 0.717) is 6.61 Å². The van der Waals surface area contributed by atoms with E-state index in [1.165, 1.54) is 6.42 Å². The fourth-order valence-corrected chi connectivity index (χ4v) is 1.96. The molecule has 0 aliphatic rings. The van der Waals surface area contributed by atoms with Gasteiger partial charge in [-0.1, -0.05) is 44.9 Å². The molecular weight excluding hydrogens is 252 g/mol. The minimum atomic E-state index is -0.595. The first-order chi connectivity index (χ1) is 9.59. The molecule has 0 radical (unpaired) electrons. The number of aliphatic hydroxyl groups is 1. The molecule has 1 aromatic rings. The van der Waals surface area contributed by atoms with E-state index in [1.807, 2.05) is 30.3 Å². The Balaban J connectivity index is 2.29. The third-order valence-electron chi connectivity index (χ3n) is 3.62. The van der Waals surface area contributed by atoms with Gasteiger partial charge in [-0.2, -0.15) is 0 Å². The molecule has 0 aromatic heterocycles. The smallest absolute Gasteiger partial charge is 0.119 e. The fraction of sp³-hybridized carbons (Fsp3) is 0.647. The summed E-state index contributed by atoms with van der Waals surface area (Å²) in [6.45, 7) is 7.01. The summed E-state index contributed by atoms with van der Waals surface area (Å²) in [6.07, 6.45) is 3.72. The highest BCUT2D eigenvalue weighted by Crippen LogP contribution is 2.23. The van der Waals surface area contributed by atoms with Crippen LogP contribution in [0.1, 0.15) is 46.5 Å². The van der Waals surface area contributed by atoms with Crippen LogP contribution in [0.5, 0.6) is 5.75 Å². The van der Waals surface area contributed by atoms with Gasteiger partial charge in [0.2, 0.25) is 0 Å². The Kier molecular flexibility index (Phi) is 7.63. The van der Waals surface area contributed by atoms with Crippen LogP contribution in [0.3, 0.4) is 0 Å². The minimum absolute atomic E-state index is 0.135. The molecule has 3 nitrogen and oxygen atoms in total. The van der Waals surface area contributed by atoms with Crippen molar-refractivity contribution in [3.05, 3.63) is 30.3 Å². The Morgan fingerprint density at radius 3 is 2.45 bits per heavy atom. The van der Waals surface area contributed by atoms with E-state index in [0.717, 1.165) is 25.0 Å². The lowest BCUT2D eigenvalue weighted by molar-refractivity contribution is -0.0840. The van der Waals surface area contributed by atoms with Crippen LogP contribution in [-0.4, -0.2) is 30.0 Å². The molecular formula is C17H28O3. The summed E-state index contributed by atoms with van der Waals surface area (Å²) in [7, 11) is 0. The third kappa shape index (κ3) is 6.40. The van der Waals surface area contributed by atoms with Gasteiger partial charge < -0.3 is 14.6 Å². The summed E-state index contributed by atoms with van der Waals surface area (Å²) in [4.78, 5) is 0. The van der Waals surface area contributed by atoms with E-state index < -0.39 is 6.10 Å². The molecule has 0 bridgehead atoms. The maximum absolute atomic E-state index is 9.94. The van der Waals surface area contributed by atoms with Gasteiger partial charge in [0.05, 0.1) is 12.2 Å². The maximum Gasteiger partial charge on any atom is 0.119 e. The van der Waals surface area contributed by atoms with Crippen LogP contribution in [0, 0.1) is 0 Å². The molecule has 3 heteroatoms. The van der Waals surface area contributed by atoms with Crippen molar-refractivity contribution in [1.29, 1.82) is 0 Å². The lowest BCUT2D eigenvalue weighted by atomic mass is 9.96. The van der Waals surface area contributed by atoms with Crippen LogP contribution in [0.2, 0.25) is 0 Å². The van der Waals surface area contributed by atoms with E-state index in [4.69, 9.17) is 9.47 Å². The predicted molar refractivity (Wildman–Crippen MR) is 82.1 cm³/mol. The molecule has 0 heterocycles. The minimum Gasteiger partial charge on any atom is -0.491 e. The van der Waals surface area contributed by atoms with Crippen molar-refractivity contribution in [1.82, 2.24) is 0 Å². The molecule has 0 amide bonds. The van der Waals surface area contributed by atoms with Gasteiger partial charge in [-0.15, -0.1) is 0 Å². The third-order valence-corrected chi connectivity index (χ3v) is 3.62. The lowest BCUT2D eigenvalue weighted by Crippen LogP contribution is -2.34. The highest BCUT2D eigenvalue weighted by molar-refractivity contribution is 5.20. The second kappa shape index (κ2) is 8.98. The summed E-state index contributed by atoms with van der Waals surface area (Å²) >= 11 is 0. The zero-order valence-electron chi connectivity index (χ0n) is 13.0.